The lowest BCUT2D eigenvalue weighted by Crippen LogP contribution is -2.53. The molecule has 1 fully saturated rings. The maximum Gasteiger partial charge on any atom is 0.234 e. The van der Waals surface area contributed by atoms with Gasteiger partial charge in [-0.15, -0.1) is 0 Å². The third-order valence-electron chi connectivity index (χ3n) is 4.10. The van der Waals surface area contributed by atoms with Gasteiger partial charge < -0.3 is 11.1 Å². The smallest absolute Gasteiger partial charge is 0.234 e. The maximum absolute atomic E-state index is 12.0. The fourth-order valence-electron chi connectivity index (χ4n) is 2.54. The molecule has 0 spiro atoms. The van der Waals surface area contributed by atoms with Crippen molar-refractivity contribution < 1.29 is 4.79 Å². The van der Waals surface area contributed by atoms with Crippen molar-refractivity contribution in [1.82, 2.24) is 10.2 Å². The molecule has 4 heteroatoms. The van der Waals surface area contributed by atoms with E-state index in [1.165, 1.54) is 12.8 Å². The average molecular weight is 255 g/mol. The summed E-state index contributed by atoms with van der Waals surface area (Å²) in [7, 11) is 2.01. The molecule has 1 amide bonds. The van der Waals surface area contributed by atoms with E-state index in [2.05, 4.69) is 31.0 Å². The summed E-state index contributed by atoms with van der Waals surface area (Å²) >= 11 is 0. The summed E-state index contributed by atoms with van der Waals surface area (Å²) in [6, 6.07) is 0.574. The van der Waals surface area contributed by atoms with Gasteiger partial charge in [0.2, 0.25) is 5.91 Å². The summed E-state index contributed by atoms with van der Waals surface area (Å²) < 4.78 is 0. The molecule has 0 radical (unpaired) electrons. The Morgan fingerprint density at radius 1 is 1.39 bits per heavy atom. The monoisotopic (exact) mass is 255 g/mol. The number of nitrogens with one attached hydrogen (secondary N) is 1. The molecular weight excluding hydrogens is 226 g/mol. The number of nitrogens with two attached hydrogens (primary N) is 1. The van der Waals surface area contributed by atoms with Gasteiger partial charge in [0.25, 0.3) is 0 Å². The molecule has 0 bridgehead atoms. The minimum absolute atomic E-state index is 0.0992. The van der Waals surface area contributed by atoms with Crippen molar-refractivity contribution in [3.63, 3.8) is 0 Å². The second-order valence-electron chi connectivity index (χ2n) is 6.22. The number of hydrogen-bond acceptors (Lipinski definition) is 3. The molecule has 106 valence electrons. The Balaban J connectivity index is 2.43. The SMILES string of the molecule is CCC(C)(C)NC(=O)CN(C)C1CCCCC1N. The van der Waals surface area contributed by atoms with Crippen molar-refractivity contribution >= 4 is 5.91 Å². The van der Waals surface area contributed by atoms with E-state index in [0.29, 0.717) is 12.6 Å². The van der Waals surface area contributed by atoms with Crippen LogP contribution >= 0.6 is 0 Å². The molecule has 1 saturated carbocycles. The summed E-state index contributed by atoms with van der Waals surface area (Å²) in [4.78, 5) is 14.1. The van der Waals surface area contributed by atoms with Crippen LogP contribution in [-0.2, 0) is 4.79 Å². The highest BCUT2D eigenvalue weighted by Gasteiger charge is 2.27. The highest BCUT2D eigenvalue weighted by Crippen LogP contribution is 2.20. The zero-order valence-corrected chi connectivity index (χ0v) is 12.3. The molecule has 0 heterocycles. The van der Waals surface area contributed by atoms with E-state index in [-0.39, 0.29) is 17.5 Å². The molecule has 1 aliphatic rings. The summed E-state index contributed by atoms with van der Waals surface area (Å²) in [5, 5.41) is 3.07. The number of likely N-dealkylation sites (N-methyl/N-ethyl adjacent to an activating group) is 1. The largest absolute Gasteiger partial charge is 0.350 e. The van der Waals surface area contributed by atoms with Gasteiger partial charge in [-0.3, -0.25) is 9.69 Å². The lowest BCUT2D eigenvalue weighted by atomic mass is 9.90. The van der Waals surface area contributed by atoms with Gasteiger partial charge in [-0.2, -0.15) is 0 Å². The Labute approximate surface area is 111 Å². The lowest BCUT2D eigenvalue weighted by molar-refractivity contribution is -0.124. The standard InChI is InChI=1S/C14H29N3O/c1-5-14(2,3)16-13(18)10-17(4)12-9-7-6-8-11(12)15/h11-12H,5-10,15H2,1-4H3,(H,16,18). The van der Waals surface area contributed by atoms with Crippen LogP contribution < -0.4 is 11.1 Å². The van der Waals surface area contributed by atoms with Crippen LogP contribution in [0.1, 0.15) is 52.9 Å². The van der Waals surface area contributed by atoms with Gasteiger partial charge in [-0.1, -0.05) is 19.8 Å². The second-order valence-corrected chi connectivity index (χ2v) is 6.22. The fourth-order valence-corrected chi connectivity index (χ4v) is 2.54. The summed E-state index contributed by atoms with van der Waals surface area (Å²) in [6.45, 7) is 6.64. The van der Waals surface area contributed by atoms with Crippen LogP contribution in [0.3, 0.4) is 0 Å². The number of amides is 1. The van der Waals surface area contributed by atoms with Crippen molar-refractivity contribution in [1.29, 1.82) is 0 Å². The Kier molecular flexibility index (Phi) is 5.60. The van der Waals surface area contributed by atoms with Crippen LogP contribution in [0.5, 0.6) is 0 Å². The third-order valence-corrected chi connectivity index (χ3v) is 4.10. The van der Waals surface area contributed by atoms with E-state index in [0.717, 1.165) is 19.3 Å². The first-order valence-electron chi connectivity index (χ1n) is 7.12. The maximum atomic E-state index is 12.0. The highest BCUT2D eigenvalue weighted by molar-refractivity contribution is 5.78. The van der Waals surface area contributed by atoms with E-state index in [9.17, 15) is 4.79 Å². The van der Waals surface area contributed by atoms with Crippen LogP contribution in [0.2, 0.25) is 0 Å². The topological polar surface area (TPSA) is 58.4 Å². The number of carbonyl (C=O) groups is 1. The van der Waals surface area contributed by atoms with Crippen molar-refractivity contribution in [3.8, 4) is 0 Å². The number of carbonyl (C=O) groups excluding carboxylic acids is 1. The molecule has 0 aromatic carbocycles. The van der Waals surface area contributed by atoms with Gasteiger partial charge in [-0.05, 0) is 40.2 Å². The molecular formula is C14H29N3O. The van der Waals surface area contributed by atoms with Gasteiger partial charge >= 0.3 is 0 Å². The minimum atomic E-state index is -0.118. The molecule has 0 aliphatic heterocycles. The van der Waals surface area contributed by atoms with Crippen LogP contribution in [0.4, 0.5) is 0 Å². The molecule has 1 rings (SSSR count). The zero-order valence-electron chi connectivity index (χ0n) is 12.3. The average Bonchev–Trinajstić information content (AvgIpc) is 2.28. The predicted octanol–water partition coefficient (Wildman–Crippen LogP) is 1.49. The molecule has 2 atom stereocenters. The lowest BCUT2D eigenvalue weighted by Gasteiger charge is -2.36. The van der Waals surface area contributed by atoms with Crippen LogP contribution in [0.25, 0.3) is 0 Å². The molecule has 18 heavy (non-hydrogen) atoms. The van der Waals surface area contributed by atoms with Crippen LogP contribution in [0.15, 0.2) is 0 Å². The van der Waals surface area contributed by atoms with Gasteiger partial charge in [0, 0.05) is 17.6 Å². The summed E-state index contributed by atoms with van der Waals surface area (Å²) in [5.74, 6) is 0.0992. The first-order chi connectivity index (χ1) is 8.35. The third kappa shape index (κ3) is 4.58. The van der Waals surface area contributed by atoms with E-state index < -0.39 is 0 Å². The van der Waals surface area contributed by atoms with Gasteiger partial charge in [-0.25, -0.2) is 0 Å². The Morgan fingerprint density at radius 3 is 2.56 bits per heavy atom. The molecule has 1 aliphatic carbocycles. The first kappa shape index (κ1) is 15.4. The van der Waals surface area contributed by atoms with E-state index in [1.807, 2.05) is 7.05 Å². The highest BCUT2D eigenvalue weighted by atomic mass is 16.2. The summed E-state index contributed by atoms with van der Waals surface area (Å²) in [6.07, 6.45) is 5.58. The molecule has 2 unspecified atom stereocenters. The Bertz CT molecular complexity index is 278. The number of rotatable bonds is 5. The van der Waals surface area contributed by atoms with Crippen molar-refractivity contribution in [2.45, 2.75) is 70.5 Å². The second kappa shape index (κ2) is 6.53. The first-order valence-corrected chi connectivity index (χ1v) is 7.12. The number of nitrogens with zero attached hydrogens (tertiary/aromatic N) is 1. The predicted molar refractivity (Wildman–Crippen MR) is 75.4 cm³/mol. The summed E-state index contributed by atoms with van der Waals surface area (Å²) in [5.41, 5.74) is 6.02. The van der Waals surface area contributed by atoms with Crippen molar-refractivity contribution in [2.24, 2.45) is 5.73 Å². The van der Waals surface area contributed by atoms with Gasteiger partial charge in [0.05, 0.1) is 6.54 Å². The zero-order chi connectivity index (χ0) is 13.8. The van der Waals surface area contributed by atoms with Crippen LogP contribution in [0, 0.1) is 0 Å². The number of hydrogen-bond donors (Lipinski definition) is 2. The fraction of sp³-hybridized carbons (Fsp3) is 0.929. The Morgan fingerprint density at radius 2 is 2.00 bits per heavy atom. The van der Waals surface area contributed by atoms with Gasteiger partial charge in [0.15, 0.2) is 0 Å². The Hall–Kier alpha value is -0.610. The van der Waals surface area contributed by atoms with E-state index in [4.69, 9.17) is 5.73 Å². The van der Waals surface area contributed by atoms with Crippen molar-refractivity contribution in [2.75, 3.05) is 13.6 Å². The van der Waals surface area contributed by atoms with Gasteiger partial charge in [0.1, 0.15) is 0 Å². The van der Waals surface area contributed by atoms with E-state index >= 15 is 0 Å². The van der Waals surface area contributed by atoms with Crippen molar-refractivity contribution in [3.05, 3.63) is 0 Å². The minimum Gasteiger partial charge on any atom is -0.350 e. The molecule has 4 nitrogen and oxygen atoms in total. The van der Waals surface area contributed by atoms with E-state index in [1.54, 1.807) is 0 Å². The molecule has 0 aromatic heterocycles. The molecule has 3 N–H and O–H groups in total. The normalized spacial score (nSPS) is 25.2. The van der Waals surface area contributed by atoms with Crippen LogP contribution in [-0.4, -0.2) is 42.0 Å². The molecule has 0 aromatic rings. The molecule has 0 saturated heterocycles. The quantitative estimate of drug-likeness (QED) is 0.782.